The van der Waals surface area contributed by atoms with E-state index < -0.39 is 0 Å². The highest BCUT2D eigenvalue weighted by atomic mass is 15.2. The van der Waals surface area contributed by atoms with Gasteiger partial charge < -0.3 is 5.73 Å². The standard InChI is InChI=1S/C8H16N2/c1-3-5-10-6-4-8(2,9)7-10/h3H,1,4-7,9H2,2H3. The highest BCUT2D eigenvalue weighted by molar-refractivity contribution is 4.92. The van der Waals surface area contributed by atoms with E-state index >= 15 is 0 Å². The molecule has 1 saturated heterocycles. The average molecular weight is 140 g/mol. The molecule has 0 amide bonds. The van der Waals surface area contributed by atoms with E-state index in [1.807, 2.05) is 6.08 Å². The van der Waals surface area contributed by atoms with Crippen molar-refractivity contribution in [2.45, 2.75) is 18.9 Å². The first-order valence-electron chi connectivity index (χ1n) is 3.76. The van der Waals surface area contributed by atoms with Crippen LogP contribution < -0.4 is 5.73 Å². The molecule has 0 saturated carbocycles. The number of likely N-dealkylation sites (tertiary alicyclic amines) is 1. The Hall–Kier alpha value is -0.340. The summed E-state index contributed by atoms with van der Waals surface area (Å²) in [5.74, 6) is 0. The molecule has 2 nitrogen and oxygen atoms in total. The lowest BCUT2D eigenvalue weighted by Crippen LogP contribution is -2.39. The van der Waals surface area contributed by atoms with Crippen LogP contribution in [-0.2, 0) is 0 Å². The van der Waals surface area contributed by atoms with Crippen molar-refractivity contribution in [2.24, 2.45) is 5.73 Å². The molecule has 2 N–H and O–H groups in total. The second-order valence-electron chi connectivity index (χ2n) is 3.43. The summed E-state index contributed by atoms with van der Waals surface area (Å²) in [4.78, 5) is 2.33. The van der Waals surface area contributed by atoms with E-state index in [0.29, 0.717) is 0 Å². The van der Waals surface area contributed by atoms with Gasteiger partial charge in [-0.15, -0.1) is 6.58 Å². The molecule has 0 bridgehead atoms. The molecule has 1 atom stereocenters. The van der Waals surface area contributed by atoms with E-state index in [1.165, 1.54) is 0 Å². The van der Waals surface area contributed by atoms with Crippen LogP contribution in [0.25, 0.3) is 0 Å². The minimum absolute atomic E-state index is 0.0447. The molecule has 1 unspecified atom stereocenters. The lowest BCUT2D eigenvalue weighted by molar-refractivity contribution is 0.349. The van der Waals surface area contributed by atoms with Crippen LogP contribution in [0, 0.1) is 0 Å². The largest absolute Gasteiger partial charge is 0.324 e. The van der Waals surface area contributed by atoms with Gasteiger partial charge in [-0.05, 0) is 13.3 Å². The van der Waals surface area contributed by atoms with E-state index in [9.17, 15) is 0 Å². The number of rotatable bonds is 2. The maximum atomic E-state index is 5.92. The highest BCUT2D eigenvalue weighted by Crippen LogP contribution is 2.16. The van der Waals surface area contributed by atoms with Crippen LogP contribution in [0.5, 0.6) is 0 Å². The van der Waals surface area contributed by atoms with Gasteiger partial charge in [0.05, 0.1) is 0 Å². The topological polar surface area (TPSA) is 29.3 Å². The van der Waals surface area contributed by atoms with Crippen LogP contribution in [0.3, 0.4) is 0 Å². The first-order valence-corrected chi connectivity index (χ1v) is 3.76. The van der Waals surface area contributed by atoms with Gasteiger partial charge in [-0.2, -0.15) is 0 Å². The Labute approximate surface area is 62.7 Å². The number of hydrogen-bond acceptors (Lipinski definition) is 2. The molecule has 10 heavy (non-hydrogen) atoms. The van der Waals surface area contributed by atoms with E-state index in [4.69, 9.17) is 5.73 Å². The molecule has 0 aromatic rings. The van der Waals surface area contributed by atoms with Gasteiger partial charge in [-0.3, -0.25) is 4.90 Å². The molecule has 0 aromatic heterocycles. The molecule has 0 aromatic carbocycles. The van der Waals surface area contributed by atoms with Gasteiger partial charge in [-0.25, -0.2) is 0 Å². The highest BCUT2D eigenvalue weighted by Gasteiger charge is 2.28. The van der Waals surface area contributed by atoms with Crippen molar-refractivity contribution in [3.05, 3.63) is 12.7 Å². The van der Waals surface area contributed by atoms with E-state index in [0.717, 1.165) is 26.1 Å². The average Bonchev–Trinajstić information content (AvgIpc) is 2.12. The van der Waals surface area contributed by atoms with Gasteiger partial charge >= 0.3 is 0 Å². The van der Waals surface area contributed by atoms with Crippen molar-refractivity contribution in [1.82, 2.24) is 4.90 Å². The van der Waals surface area contributed by atoms with Crippen LogP contribution in [0.1, 0.15) is 13.3 Å². The SMILES string of the molecule is C=CCN1CCC(C)(N)C1. The molecule has 1 fully saturated rings. The van der Waals surface area contributed by atoms with E-state index in [-0.39, 0.29) is 5.54 Å². The fraction of sp³-hybridized carbons (Fsp3) is 0.750. The summed E-state index contributed by atoms with van der Waals surface area (Å²) in [5.41, 5.74) is 5.97. The first kappa shape index (κ1) is 7.76. The molecule has 58 valence electrons. The summed E-state index contributed by atoms with van der Waals surface area (Å²) < 4.78 is 0. The predicted octanol–water partition coefficient (Wildman–Crippen LogP) is 0.596. The zero-order chi connectivity index (χ0) is 7.61. The predicted molar refractivity (Wildman–Crippen MR) is 43.8 cm³/mol. The normalized spacial score (nSPS) is 34.6. The zero-order valence-corrected chi connectivity index (χ0v) is 6.64. The molecule has 1 rings (SSSR count). The van der Waals surface area contributed by atoms with Crippen molar-refractivity contribution in [3.63, 3.8) is 0 Å². The van der Waals surface area contributed by atoms with Gasteiger partial charge in [0.1, 0.15) is 0 Å². The second kappa shape index (κ2) is 2.72. The molecule has 1 aliphatic heterocycles. The summed E-state index contributed by atoms with van der Waals surface area (Å²) in [6, 6.07) is 0. The van der Waals surface area contributed by atoms with Gasteiger partial charge in [-0.1, -0.05) is 6.08 Å². The van der Waals surface area contributed by atoms with Crippen molar-refractivity contribution < 1.29 is 0 Å². The van der Waals surface area contributed by atoms with Gasteiger partial charge in [0.15, 0.2) is 0 Å². The van der Waals surface area contributed by atoms with Crippen LogP contribution in [0.15, 0.2) is 12.7 Å². The molecule has 2 heteroatoms. The summed E-state index contributed by atoms with van der Waals surface area (Å²) in [6.45, 7) is 8.91. The zero-order valence-electron chi connectivity index (χ0n) is 6.64. The molecule has 0 radical (unpaired) electrons. The van der Waals surface area contributed by atoms with Gasteiger partial charge in [0.25, 0.3) is 0 Å². The van der Waals surface area contributed by atoms with Crippen LogP contribution >= 0.6 is 0 Å². The summed E-state index contributed by atoms with van der Waals surface area (Å²) in [6.07, 6.45) is 3.04. The lowest BCUT2D eigenvalue weighted by Gasteiger charge is -2.17. The van der Waals surface area contributed by atoms with E-state index in [2.05, 4.69) is 18.4 Å². The minimum Gasteiger partial charge on any atom is -0.324 e. The Morgan fingerprint density at radius 2 is 2.50 bits per heavy atom. The third kappa shape index (κ3) is 1.82. The Kier molecular flexibility index (Phi) is 2.11. The fourth-order valence-corrected chi connectivity index (χ4v) is 1.42. The smallest absolute Gasteiger partial charge is 0.0267 e. The molecule has 1 aliphatic rings. The van der Waals surface area contributed by atoms with Crippen LogP contribution in [-0.4, -0.2) is 30.1 Å². The summed E-state index contributed by atoms with van der Waals surface area (Å²) in [7, 11) is 0. The Morgan fingerprint density at radius 3 is 2.90 bits per heavy atom. The number of hydrogen-bond donors (Lipinski definition) is 1. The van der Waals surface area contributed by atoms with Crippen molar-refractivity contribution in [3.8, 4) is 0 Å². The van der Waals surface area contributed by atoms with Gasteiger partial charge in [0, 0.05) is 25.2 Å². The molecule has 1 heterocycles. The summed E-state index contributed by atoms with van der Waals surface area (Å²) in [5, 5.41) is 0. The quantitative estimate of drug-likeness (QED) is 0.569. The molecular weight excluding hydrogens is 124 g/mol. The molecule has 0 aliphatic carbocycles. The third-order valence-electron chi connectivity index (χ3n) is 1.97. The van der Waals surface area contributed by atoms with Crippen LogP contribution in [0.2, 0.25) is 0 Å². The Bertz CT molecular complexity index is 129. The Balaban J connectivity index is 2.35. The number of nitrogens with zero attached hydrogens (tertiary/aromatic N) is 1. The summed E-state index contributed by atoms with van der Waals surface area (Å²) >= 11 is 0. The monoisotopic (exact) mass is 140 g/mol. The minimum atomic E-state index is 0.0447. The molecule has 0 spiro atoms. The van der Waals surface area contributed by atoms with Crippen molar-refractivity contribution >= 4 is 0 Å². The lowest BCUT2D eigenvalue weighted by atomic mass is 10.0. The maximum absolute atomic E-state index is 5.92. The Morgan fingerprint density at radius 1 is 1.80 bits per heavy atom. The molecular formula is C8H16N2. The van der Waals surface area contributed by atoms with E-state index in [1.54, 1.807) is 0 Å². The van der Waals surface area contributed by atoms with Crippen LogP contribution in [0.4, 0.5) is 0 Å². The number of nitrogens with two attached hydrogens (primary N) is 1. The van der Waals surface area contributed by atoms with Crippen molar-refractivity contribution in [1.29, 1.82) is 0 Å². The third-order valence-corrected chi connectivity index (χ3v) is 1.97. The fourth-order valence-electron chi connectivity index (χ4n) is 1.42. The maximum Gasteiger partial charge on any atom is 0.0267 e. The second-order valence-corrected chi connectivity index (χ2v) is 3.43. The van der Waals surface area contributed by atoms with Gasteiger partial charge in [0.2, 0.25) is 0 Å². The van der Waals surface area contributed by atoms with Crippen molar-refractivity contribution in [2.75, 3.05) is 19.6 Å². The first-order chi connectivity index (χ1) is 4.64.